The molecule has 7 nitrogen and oxygen atoms in total. The summed E-state index contributed by atoms with van der Waals surface area (Å²) in [5, 5.41) is 12.1. The Morgan fingerprint density at radius 2 is 1.82 bits per heavy atom. The van der Waals surface area contributed by atoms with Crippen molar-refractivity contribution in [3.63, 3.8) is 0 Å². The van der Waals surface area contributed by atoms with Crippen LogP contribution in [0.25, 0.3) is 16.6 Å². The summed E-state index contributed by atoms with van der Waals surface area (Å²) in [5.74, 6) is -0.702. The lowest BCUT2D eigenvalue weighted by Crippen LogP contribution is -2.39. The van der Waals surface area contributed by atoms with Crippen LogP contribution in [0.1, 0.15) is 28.4 Å². The van der Waals surface area contributed by atoms with Gasteiger partial charge in [0.25, 0.3) is 5.56 Å². The van der Waals surface area contributed by atoms with E-state index in [1.54, 1.807) is 7.05 Å². The topological polar surface area (TPSA) is 94.1 Å². The van der Waals surface area contributed by atoms with Crippen LogP contribution in [-0.2, 0) is 12.6 Å². The Kier molecular flexibility index (Phi) is 4.71. The molecule has 4 aromatic rings. The highest BCUT2D eigenvalue weighted by molar-refractivity contribution is 5.85. The van der Waals surface area contributed by atoms with Crippen LogP contribution in [0.4, 0.5) is 13.2 Å². The fraction of sp³-hybridized carbons (Fsp3) is 0.217. The van der Waals surface area contributed by atoms with E-state index < -0.39 is 34.9 Å². The zero-order chi connectivity index (χ0) is 23.5. The molecule has 0 amide bonds. The second kappa shape index (κ2) is 7.38. The normalized spacial score (nSPS) is 16.8. The number of rotatable bonds is 2. The summed E-state index contributed by atoms with van der Waals surface area (Å²) in [4.78, 5) is 32.8. The van der Waals surface area contributed by atoms with Gasteiger partial charge in [0.2, 0.25) is 5.88 Å². The number of alkyl halides is 3. The average molecular weight is 456 g/mol. The summed E-state index contributed by atoms with van der Waals surface area (Å²) in [6.45, 7) is 0.571. The lowest BCUT2D eigenvalue weighted by Gasteiger charge is -2.33. The molecule has 10 heteroatoms. The summed E-state index contributed by atoms with van der Waals surface area (Å²) in [7, 11) is 1.78. The van der Waals surface area contributed by atoms with Crippen LogP contribution in [0.3, 0.4) is 0 Å². The Morgan fingerprint density at radius 1 is 1.06 bits per heavy atom. The first kappa shape index (κ1) is 21.1. The van der Waals surface area contributed by atoms with Gasteiger partial charge in [-0.25, -0.2) is 9.36 Å². The van der Waals surface area contributed by atoms with Crippen LogP contribution in [0.2, 0.25) is 0 Å². The predicted molar refractivity (Wildman–Crippen MR) is 116 cm³/mol. The lowest BCUT2D eigenvalue weighted by atomic mass is 9.93. The second-order valence-electron chi connectivity index (χ2n) is 8.08. The van der Waals surface area contributed by atoms with Crippen LogP contribution in [0.5, 0.6) is 5.88 Å². The third-order valence-electron chi connectivity index (χ3n) is 6.10. The van der Waals surface area contributed by atoms with Gasteiger partial charge in [0, 0.05) is 23.1 Å². The van der Waals surface area contributed by atoms with Crippen molar-refractivity contribution in [2.24, 2.45) is 0 Å². The molecule has 1 aliphatic rings. The number of benzene rings is 2. The molecule has 2 aromatic carbocycles. The third-order valence-corrected chi connectivity index (χ3v) is 6.10. The maximum atomic E-state index is 13.2. The fourth-order valence-electron chi connectivity index (χ4n) is 4.57. The summed E-state index contributed by atoms with van der Waals surface area (Å²) in [6, 6.07) is 10.9. The van der Waals surface area contributed by atoms with Crippen molar-refractivity contribution in [1.29, 1.82) is 0 Å². The lowest BCUT2D eigenvalue weighted by molar-refractivity contribution is -0.137. The first-order valence-electron chi connectivity index (χ1n) is 10.2. The van der Waals surface area contributed by atoms with E-state index in [2.05, 4.69) is 9.97 Å². The molecule has 0 spiro atoms. The van der Waals surface area contributed by atoms with Crippen molar-refractivity contribution in [2.75, 3.05) is 13.6 Å². The van der Waals surface area contributed by atoms with Crippen LogP contribution >= 0.6 is 0 Å². The highest BCUT2D eigenvalue weighted by atomic mass is 19.4. The Hall–Kier alpha value is -3.79. The first-order chi connectivity index (χ1) is 15.7. The standard InChI is InChI=1S/C23H19F3N4O3/c1-29-10-9-15-14-7-2-3-8-16(14)27-18(15)19(29)17-20(31)28-22(33)30(21(17)32)13-6-4-5-12(11-13)23(24,25)26/h2-8,11,19,27,32H,9-10H2,1H3,(H,28,31,33). The summed E-state index contributed by atoms with van der Waals surface area (Å²) in [6.07, 6.45) is -3.93. The molecule has 1 unspecified atom stereocenters. The molecule has 5 rings (SSSR count). The minimum absolute atomic E-state index is 0.123. The number of likely N-dealkylation sites (N-methyl/N-ethyl adjacent to an activating group) is 1. The van der Waals surface area contributed by atoms with E-state index in [0.717, 1.165) is 34.7 Å². The molecule has 0 saturated carbocycles. The Bertz CT molecular complexity index is 1500. The molecule has 0 saturated heterocycles. The summed E-state index contributed by atoms with van der Waals surface area (Å²) >= 11 is 0. The molecule has 3 N–H and O–H groups in total. The van der Waals surface area contributed by atoms with Gasteiger partial charge in [-0.15, -0.1) is 0 Å². The number of nitrogens with one attached hydrogen (secondary N) is 2. The highest BCUT2D eigenvalue weighted by Gasteiger charge is 2.35. The molecule has 0 aliphatic carbocycles. The first-order valence-corrected chi connectivity index (χ1v) is 10.2. The molecule has 170 valence electrons. The molecule has 0 radical (unpaired) electrons. The van der Waals surface area contributed by atoms with Crippen molar-refractivity contribution in [3.8, 4) is 11.6 Å². The molecule has 0 fully saturated rings. The number of hydrogen-bond acceptors (Lipinski definition) is 4. The van der Waals surface area contributed by atoms with Gasteiger partial charge in [-0.2, -0.15) is 13.2 Å². The maximum Gasteiger partial charge on any atom is 0.416 e. The number of fused-ring (bicyclic) bond motifs is 3. The van der Waals surface area contributed by atoms with Gasteiger partial charge < -0.3 is 10.1 Å². The average Bonchev–Trinajstić information content (AvgIpc) is 3.13. The number of aromatic hydroxyl groups is 1. The summed E-state index contributed by atoms with van der Waals surface area (Å²) < 4.78 is 40.3. The van der Waals surface area contributed by atoms with E-state index in [1.807, 2.05) is 29.2 Å². The van der Waals surface area contributed by atoms with Gasteiger partial charge in [0.15, 0.2) is 0 Å². The number of nitrogens with zero attached hydrogens (tertiary/aromatic N) is 2. The van der Waals surface area contributed by atoms with E-state index in [-0.39, 0.29) is 11.3 Å². The molecule has 1 aliphatic heterocycles. The van der Waals surface area contributed by atoms with Crippen molar-refractivity contribution in [3.05, 3.63) is 91.8 Å². The SMILES string of the molecule is CN1CCc2c([nH]c3ccccc23)C1c1c(O)n(-c2cccc(C(F)(F)F)c2)c(=O)[nH]c1=O. The number of aromatic amines is 2. The largest absolute Gasteiger partial charge is 0.494 e. The zero-order valence-corrected chi connectivity index (χ0v) is 17.4. The van der Waals surface area contributed by atoms with Crippen molar-refractivity contribution in [2.45, 2.75) is 18.6 Å². The number of para-hydroxylation sites is 1. The van der Waals surface area contributed by atoms with Crippen LogP contribution < -0.4 is 11.2 Å². The second-order valence-corrected chi connectivity index (χ2v) is 8.08. The van der Waals surface area contributed by atoms with Crippen molar-refractivity contribution < 1.29 is 18.3 Å². The highest BCUT2D eigenvalue weighted by Crippen LogP contribution is 2.39. The Balaban J connectivity index is 1.75. The number of aromatic nitrogens is 3. The molecule has 1 atom stereocenters. The van der Waals surface area contributed by atoms with Gasteiger partial charge in [0.05, 0.1) is 17.3 Å². The van der Waals surface area contributed by atoms with E-state index in [9.17, 15) is 27.9 Å². The van der Waals surface area contributed by atoms with Crippen molar-refractivity contribution >= 4 is 10.9 Å². The maximum absolute atomic E-state index is 13.2. The molecule has 3 heterocycles. The Labute approximate surface area is 184 Å². The van der Waals surface area contributed by atoms with Gasteiger partial charge in [-0.3, -0.25) is 14.7 Å². The van der Waals surface area contributed by atoms with E-state index in [1.165, 1.54) is 6.07 Å². The van der Waals surface area contributed by atoms with E-state index in [4.69, 9.17) is 0 Å². The molecular weight excluding hydrogens is 437 g/mol. The van der Waals surface area contributed by atoms with Crippen LogP contribution in [-0.4, -0.2) is 38.1 Å². The molecule has 33 heavy (non-hydrogen) atoms. The predicted octanol–water partition coefficient (Wildman–Crippen LogP) is 3.31. The minimum Gasteiger partial charge on any atom is -0.494 e. The van der Waals surface area contributed by atoms with Gasteiger partial charge in [-0.05, 0) is 43.3 Å². The van der Waals surface area contributed by atoms with Gasteiger partial charge >= 0.3 is 11.9 Å². The monoisotopic (exact) mass is 456 g/mol. The van der Waals surface area contributed by atoms with Gasteiger partial charge in [-0.1, -0.05) is 24.3 Å². The minimum atomic E-state index is -4.64. The smallest absolute Gasteiger partial charge is 0.416 e. The van der Waals surface area contributed by atoms with Crippen LogP contribution in [0, 0.1) is 0 Å². The number of hydrogen-bond donors (Lipinski definition) is 3. The van der Waals surface area contributed by atoms with E-state index in [0.29, 0.717) is 23.2 Å². The number of halogens is 3. The third kappa shape index (κ3) is 3.34. The molecular formula is C23H19F3N4O3. The zero-order valence-electron chi connectivity index (χ0n) is 17.4. The van der Waals surface area contributed by atoms with Crippen molar-refractivity contribution in [1.82, 2.24) is 19.4 Å². The fourth-order valence-corrected chi connectivity index (χ4v) is 4.57. The van der Waals surface area contributed by atoms with E-state index >= 15 is 0 Å². The van der Waals surface area contributed by atoms with Gasteiger partial charge in [0.1, 0.15) is 5.56 Å². The molecule has 0 bridgehead atoms. The quantitative estimate of drug-likeness (QED) is 0.432. The molecule has 2 aromatic heterocycles. The van der Waals surface area contributed by atoms with Crippen LogP contribution in [0.15, 0.2) is 58.1 Å². The number of H-pyrrole nitrogens is 2. The summed E-state index contributed by atoms with van der Waals surface area (Å²) in [5.41, 5.74) is -0.594. The Morgan fingerprint density at radius 3 is 2.58 bits per heavy atom.